The topological polar surface area (TPSA) is 88.8 Å². The van der Waals surface area contributed by atoms with Crippen molar-refractivity contribution in [3.63, 3.8) is 0 Å². The lowest BCUT2D eigenvalue weighted by atomic mass is 10.1. The van der Waals surface area contributed by atoms with Gasteiger partial charge in [0.25, 0.3) is 0 Å². The molecule has 23 heavy (non-hydrogen) atoms. The Bertz CT molecular complexity index is 756. The molecule has 3 aromatic rings. The van der Waals surface area contributed by atoms with Gasteiger partial charge in [0, 0.05) is 11.8 Å². The van der Waals surface area contributed by atoms with E-state index in [0.717, 1.165) is 22.8 Å². The molecular formula is C17H19N5O. The van der Waals surface area contributed by atoms with E-state index in [1.165, 1.54) is 0 Å². The summed E-state index contributed by atoms with van der Waals surface area (Å²) in [6.45, 7) is 0.529. The van der Waals surface area contributed by atoms with Gasteiger partial charge in [0.15, 0.2) is 5.82 Å². The maximum absolute atomic E-state index is 6.19. The van der Waals surface area contributed by atoms with Crippen LogP contribution in [0.1, 0.15) is 23.3 Å². The molecule has 1 heterocycles. The molecule has 0 amide bonds. The predicted octanol–water partition coefficient (Wildman–Crippen LogP) is 2.47. The molecule has 0 unspecified atom stereocenters. The molecule has 0 radical (unpaired) electrons. The molecule has 0 saturated carbocycles. The molecule has 2 aromatic carbocycles. The zero-order valence-corrected chi connectivity index (χ0v) is 12.9. The van der Waals surface area contributed by atoms with Crippen molar-refractivity contribution in [2.24, 2.45) is 5.73 Å². The molecule has 0 saturated heterocycles. The number of hydrogen-bond acceptors (Lipinski definition) is 5. The lowest BCUT2D eigenvalue weighted by Crippen LogP contribution is -2.13. The number of hydrogen-bond donors (Lipinski definition) is 3. The second kappa shape index (κ2) is 6.93. The van der Waals surface area contributed by atoms with E-state index in [2.05, 4.69) is 20.5 Å². The normalized spacial score (nSPS) is 11.9. The van der Waals surface area contributed by atoms with Gasteiger partial charge in [-0.15, -0.1) is 0 Å². The van der Waals surface area contributed by atoms with Crippen LogP contribution in [-0.4, -0.2) is 22.3 Å². The van der Waals surface area contributed by atoms with Crippen molar-refractivity contribution in [3.05, 3.63) is 71.8 Å². The molecule has 6 nitrogen and oxygen atoms in total. The number of H-pyrrole nitrogens is 1. The SMILES string of the molecule is COc1cccc(NCc2nc([C@@H](N)c3ccccc3)n[nH]2)c1. The molecule has 4 N–H and O–H groups in total. The van der Waals surface area contributed by atoms with Crippen LogP contribution in [0.3, 0.4) is 0 Å². The van der Waals surface area contributed by atoms with Crippen LogP contribution < -0.4 is 15.8 Å². The third-order valence-electron chi connectivity index (χ3n) is 3.52. The third-order valence-corrected chi connectivity index (χ3v) is 3.52. The van der Waals surface area contributed by atoms with Gasteiger partial charge in [-0.1, -0.05) is 36.4 Å². The van der Waals surface area contributed by atoms with Gasteiger partial charge in [0.1, 0.15) is 11.6 Å². The highest BCUT2D eigenvalue weighted by Crippen LogP contribution is 2.18. The number of rotatable bonds is 6. The van der Waals surface area contributed by atoms with Crippen LogP contribution in [-0.2, 0) is 6.54 Å². The van der Waals surface area contributed by atoms with E-state index in [-0.39, 0.29) is 6.04 Å². The first-order valence-corrected chi connectivity index (χ1v) is 7.36. The zero-order valence-electron chi connectivity index (χ0n) is 12.9. The Morgan fingerprint density at radius 3 is 2.78 bits per heavy atom. The average molecular weight is 309 g/mol. The second-order valence-corrected chi connectivity index (χ2v) is 5.11. The fourth-order valence-electron chi connectivity index (χ4n) is 2.26. The number of nitrogens with zero attached hydrogens (tertiary/aromatic N) is 2. The third kappa shape index (κ3) is 3.67. The Hall–Kier alpha value is -2.86. The lowest BCUT2D eigenvalue weighted by molar-refractivity contribution is 0.415. The summed E-state index contributed by atoms with van der Waals surface area (Å²) < 4.78 is 5.20. The summed E-state index contributed by atoms with van der Waals surface area (Å²) in [5, 5.41) is 10.4. The molecule has 0 spiro atoms. The molecule has 0 bridgehead atoms. The van der Waals surface area contributed by atoms with E-state index < -0.39 is 0 Å². The Kier molecular flexibility index (Phi) is 4.54. The quantitative estimate of drug-likeness (QED) is 0.651. The molecule has 0 aliphatic rings. The van der Waals surface area contributed by atoms with Crippen molar-refractivity contribution in [3.8, 4) is 5.75 Å². The monoisotopic (exact) mass is 309 g/mol. The maximum atomic E-state index is 6.19. The number of anilines is 1. The molecular weight excluding hydrogens is 290 g/mol. The number of nitrogens with one attached hydrogen (secondary N) is 2. The summed E-state index contributed by atoms with van der Waals surface area (Å²) in [7, 11) is 1.65. The predicted molar refractivity (Wildman–Crippen MR) is 89.2 cm³/mol. The first kappa shape index (κ1) is 15.1. The molecule has 118 valence electrons. The minimum Gasteiger partial charge on any atom is -0.497 e. The van der Waals surface area contributed by atoms with Crippen molar-refractivity contribution in [1.82, 2.24) is 15.2 Å². The Morgan fingerprint density at radius 2 is 2.00 bits per heavy atom. The highest BCUT2D eigenvalue weighted by molar-refractivity contribution is 5.48. The summed E-state index contributed by atoms with van der Waals surface area (Å²) in [5.41, 5.74) is 8.13. The molecule has 3 rings (SSSR count). The van der Waals surface area contributed by atoms with Gasteiger partial charge >= 0.3 is 0 Å². The van der Waals surface area contributed by atoms with Gasteiger partial charge in [-0.3, -0.25) is 5.10 Å². The number of nitrogens with two attached hydrogens (primary N) is 1. The second-order valence-electron chi connectivity index (χ2n) is 5.11. The standard InChI is InChI=1S/C17H19N5O/c1-23-14-9-5-8-13(10-14)19-11-15-20-17(22-21-15)16(18)12-6-3-2-4-7-12/h2-10,16,19H,11,18H2,1H3,(H,20,21,22)/t16-/m0/s1. The Morgan fingerprint density at radius 1 is 1.17 bits per heavy atom. The summed E-state index contributed by atoms with van der Waals surface area (Å²) in [6.07, 6.45) is 0. The number of aromatic amines is 1. The van der Waals surface area contributed by atoms with Crippen LogP contribution in [0.2, 0.25) is 0 Å². The van der Waals surface area contributed by atoms with Crippen molar-refractivity contribution in [1.29, 1.82) is 0 Å². The van der Waals surface area contributed by atoms with Crippen LogP contribution in [0, 0.1) is 0 Å². The molecule has 0 fully saturated rings. The highest BCUT2D eigenvalue weighted by Gasteiger charge is 2.14. The van der Waals surface area contributed by atoms with E-state index >= 15 is 0 Å². The zero-order chi connectivity index (χ0) is 16.1. The first-order valence-electron chi connectivity index (χ1n) is 7.36. The van der Waals surface area contributed by atoms with Crippen LogP contribution in [0.4, 0.5) is 5.69 Å². The smallest absolute Gasteiger partial charge is 0.171 e. The van der Waals surface area contributed by atoms with Crippen molar-refractivity contribution in [2.45, 2.75) is 12.6 Å². The number of methoxy groups -OCH3 is 1. The first-order chi connectivity index (χ1) is 11.3. The van der Waals surface area contributed by atoms with Crippen molar-refractivity contribution in [2.75, 3.05) is 12.4 Å². The molecule has 1 atom stereocenters. The van der Waals surface area contributed by atoms with Gasteiger partial charge in [0.05, 0.1) is 19.7 Å². The Labute approximate surface area is 134 Å². The molecule has 0 aliphatic carbocycles. The minimum atomic E-state index is -0.335. The summed E-state index contributed by atoms with van der Waals surface area (Å²) in [5.74, 6) is 2.12. The van der Waals surface area contributed by atoms with Crippen molar-refractivity contribution >= 4 is 5.69 Å². The maximum Gasteiger partial charge on any atom is 0.171 e. The van der Waals surface area contributed by atoms with Crippen molar-refractivity contribution < 1.29 is 4.74 Å². The van der Waals surface area contributed by atoms with Crippen LogP contribution in [0.5, 0.6) is 5.75 Å². The lowest BCUT2D eigenvalue weighted by Gasteiger charge is -2.07. The van der Waals surface area contributed by atoms with E-state index in [0.29, 0.717) is 12.4 Å². The van der Waals surface area contributed by atoms with Gasteiger partial charge < -0.3 is 15.8 Å². The van der Waals surface area contributed by atoms with E-state index in [1.807, 2.05) is 54.6 Å². The highest BCUT2D eigenvalue weighted by atomic mass is 16.5. The fourth-order valence-corrected chi connectivity index (χ4v) is 2.26. The number of aromatic nitrogens is 3. The summed E-state index contributed by atoms with van der Waals surface area (Å²) >= 11 is 0. The van der Waals surface area contributed by atoms with Crippen LogP contribution in [0.15, 0.2) is 54.6 Å². The fraction of sp³-hybridized carbons (Fsp3) is 0.176. The van der Waals surface area contributed by atoms with Gasteiger partial charge in [0.2, 0.25) is 0 Å². The minimum absolute atomic E-state index is 0.335. The summed E-state index contributed by atoms with van der Waals surface area (Å²) in [6, 6.07) is 17.2. The average Bonchev–Trinajstić information content (AvgIpc) is 3.09. The number of ether oxygens (including phenoxy) is 1. The van der Waals surface area contributed by atoms with Gasteiger partial charge in [-0.2, -0.15) is 5.10 Å². The number of benzene rings is 2. The van der Waals surface area contributed by atoms with E-state index in [9.17, 15) is 0 Å². The molecule has 1 aromatic heterocycles. The molecule has 6 heteroatoms. The van der Waals surface area contributed by atoms with E-state index in [1.54, 1.807) is 7.11 Å². The molecule has 0 aliphatic heterocycles. The largest absolute Gasteiger partial charge is 0.497 e. The van der Waals surface area contributed by atoms with Crippen LogP contribution >= 0.6 is 0 Å². The Balaban J connectivity index is 1.65. The summed E-state index contributed by atoms with van der Waals surface area (Å²) in [4.78, 5) is 4.46. The van der Waals surface area contributed by atoms with Crippen LogP contribution in [0.25, 0.3) is 0 Å². The van der Waals surface area contributed by atoms with Gasteiger partial charge in [-0.05, 0) is 17.7 Å². The van der Waals surface area contributed by atoms with Gasteiger partial charge in [-0.25, -0.2) is 4.98 Å². The van der Waals surface area contributed by atoms with E-state index in [4.69, 9.17) is 10.5 Å².